The molecule has 0 atom stereocenters. The minimum absolute atomic E-state index is 0.241. The number of amides is 1. The summed E-state index contributed by atoms with van der Waals surface area (Å²) in [6.45, 7) is 1.27. The zero-order valence-electron chi connectivity index (χ0n) is 9.93. The monoisotopic (exact) mass is 233 g/mol. The van der Waals surface area contributed by atoms with Crippen molar-refractivity contribution in [1.29, 1.82) is 0 Å². The molecule has 17 heavy (non-hydrogen) atoms. The highest BCUT2D eigenvalue weighted by molar-refractivity contribution is 5.74. The number of nitrogens with zero attached hydrogens (tertiary/aromatic N) is 1. The van der Waals surface area contributed by atoms with E-state index < -0.39 is 0 Å². The van der Waals surface area contributed by atoms with Crippen molar-refractivity contribution < 1.29 is 4.79 Å². The lowest BCUT2D eigenvalue weighted by molar-refractivity contribution is -0.117. The maximum absolute atomic E-state index is 10.9. The fraction of sp³-hybridized carbons (Fsp3) is 0.462. The average Bonchev–Trinajstić information content (AvgIpc) is 3.14. The molecule has 0 saturated heterocycles. The Balaban J connectivity index is 2.05. The van der Waals surface area contributed by atoms with Crippen LogP contribution in [0.25, 0.3) is 0 Å². The van der Waals surface area contributed by atoms with Gasteiger partial charge in [-0.2, -0.15) is 0 Å². The summed E-state index contributed by atoms with van der Waals surface area (Å²) in [6.07, 6.45) is 2.82. The molecule has 1 saturated carbocycles. The third kappa shape index (κ3) is 3.20. The predicted octanol–water partition coefficient (Wildman–Crippen LogP) is 0.989. The maximum atomic E-state index is 10.9. The van der Waals surface area contributed by atoms with E-state index in [-0.39, 0.29) is 5.91 Å². The lowest BCUT2D eigenvalue weighted by Gasteiger charge is -2.24. The number of primary amides is 1. The van der Waals surface area contributed by atoms with Crippen LogP contribution in [0.4, 0.5) is 5.69 Å². The van der Waals surface area contributed by atoms with Crippen LogP contribution in [0.1, 0.15) is 24.8 Å². The van der Waals surface area contributed by atoms with Crippen molar-refractivity contribution in [1.82, 2.24) is 0 Å². The highest BCUT2D eigenvalue weighted by Crippen LogP contribution is 2.31. The molecule has 0 heterocycles. The molecule has 0 aliphatic heterocycles. The second kappa shape index (κ2) is 5.19. The molecule has 1 aliphatic carbocycles. The molecule has 0 unspecified atom stereocenters. The summed E-state index contributed by atoms with van der Waals surface area (Å²) in [6, 6.07) is 8.80. The molecule has 1 aliphatic rings. The van der Waals surface area contributed by atoms with E-state index in [2.05, 4.69) is 17.0 Å². The van der Waals surface area contributed by atoms with E-state index in [9.17, 15) is 4.79 Å². The molecule has 1 fully saturated rings. The van der Waals surface area contributed by atoms with Crippen molar-refractivity contribution in [2.45, 2.75) is 31.8 Å². The Hall–Kier alpha value is -1.55. The van der Waals surface area contributed by atoms with Gasteiger partial charge in [-0.3, -0.25) is 4.79 Å². The SMILES string of the molecule is NCc1ccc(N(CCC(N)=O)C2CC2)cc1. The number of nitrogens with two attached hydrogens (primary N) is 2. The number of hydrogen-bond acceptors (Lipinski definition) is 3. The van der Waals surface area contributed by atoms with E-state index in [1.54, 1.807) is 0 Å². The van der Waals surface area contributed by atoms with E-state index >= 15 is 0 Å². The summed E-state index contributed by atoms with van der Waals surface area (Å²) in [5, 5.41) is 0. The van der Waals surface area contributed by atoms with Gasteiger partial charge in [0.15, 0.2) is 0 Å². The standard InChI is InChI=1S/C13H19N3O/c14-9-10-1-3-11(4-2-10)16(12-5-6-12)8-7-13(15)17/h1-4,12H,5-9,14H2,(H2,15,17). The fourth-order valence-electron chi connectivity index (χ4n) is 1.96. The zero-order valence-corrected chi connectivity index (χ0v) is 9.93. The van der Waals surface area contributed by atoms with Crippen molar-refractivity contribution in [2.75, 3.05) is 11.4 Å². The van der Waals surface area contributed by atoms with Crippen LogP contribution in [0.15, 0.2) is 24.3 Å². The lowest BCUT2D eigenvalue weighted by Crippen LogP contribution is -2.30. The molecule has 92 valence electrons. The second-order valence-electron chi connectivity index (χ2n) is 4.51. The first-order valence-corrected chi connectivity index (χ1v) is 6.04. The number of hydrogen-bond donors (Lipinski definition) is 2. The summed E-state index contributed by atoms with van der Waals surface area (Å²) < 4.78 is 0. The van der Waals surface area contributed by atoms with Crippen molar-refractivity contribution in [3.8, 4) is 0 Å². The fourth-order valence-corrected chi connectivity index (χ4v) is 1.96. The van der Waals surface area contributed by atoms with Gasteiger partial charge in [-0.15, -0.1) is 0 Å². The van der Waals surface area contributed by atoms with Gasteiger partial charge in [0.25, 0.3) is 0 Å². The molecule has 0 aromatic heterocycles. The molecule has 1 aromatic rings. The largest absolute Gasteiger partial charge is 0.370 e. The van der Waals surface area contributed by atoms with E-state index in [0.717, 1.165) is 11.3 Å². The molecule has 0 radical (unpaired) electrons. The molecular weight excluding hydrogens is 214 g/mol. The highest BCUT2D eigenvalue weighted by atomic mass is 16.1. The summed E-state index contributed by atoms with van der Waals surface area (Å²) in [7, 11) is 0. The third-order valence-corrected chi connectivity index (χ3v) is 3.09. The molecule has 1 aromatic carbocycles. The normalized spacial score (nSPS) is 14.6. The van der Waals surface area contributed by atoms with Crippen LogP contribution in [0.3, 0.4) is 0 Å². The molecule has 4 heteroatoms. The van der Waals surface area contributed by atoms with Crippen molar-refractivity contribution in [2.24, 2.45) is 11.5 Å². The first kappa shape index (κ1) is 11.9. The average molecular weight is 233 g/mol. The molecular formula is C13H19N3O. The summed E-state index contributed by atoms with van der Waals surface area (Å²) in [5.74, 6) is -0.241. The van der Waals surface area contributed by atoms with Crippen LogP contribution in [0.2, 0.25) is 0 Å². The van der Waals surface area contributed by atoms with Gasteiger partial charge in [0.1, 0.15) is 0 Å². The van der Waals surface area contributed by atoms with E-state index in [0.29, 0.717) is 25.6 Å². The van der Waals surface area contributed by atoms with Gasteiger partial charge in [-0.05, 0) is 30.5 Å². The molecule has 4 nitrogen and oxygen atoms in total. The molecule has 1 amide bonds. The Morgan fingerprint density at radius 1 is 1.29 bits per heavy atom. The van der Waals surface area contributed by atoms with Crippen LogP contribution in [-0.2, 0) is 11.3 Å². The lowest BCUT2D eigenvalue weighted by atomic mass is 10.2. The number of carbonyl (C=O) groups is 1. The van der Waals surface area contributed by atoms with Crippen LogP contribution in [0.5, 0.6) is 0 Å². The minimum Gasteiger partial charge on any atom is -0.370 e. The topological polar surface area (TPSA) is 72.3 Å². The van der Waals surface area contributed by atoms with Crippen LogP contribution in [0, 0.1) is 0 Å². The van der Waals surface area contributed by atoms with Gasteiger partial charge >= 0.3 is 0 Å². The third-order valence-electron chi connectivity index (χ3n) is 3.09. The van der Waals surface area contributed by atoms with Gasteiger partial charge in [-0.25, -0.2) is 0 Å². The summed E-state index contributed by atoms with van der Waals surface area (Å²) in [4.78, 5) is 13.1. The molecule has 2 rings (SSSR count). The number of carbonyl (C=O) groups excluding carboxylic acids is 1. The maximum Gasteiger partial charge on any atom is 0.219 e. The van der Waals surface area contributed by atoms with Crippen molar-refractivity contribution in [3.05, 3.63) is 29.8 Å². The van der Waals surface area contributed by atoms with Gasteiger partial charge in [0.2, 0.25) is 5.91 Å². The summed E-state index contributed by atoms with van der Waals surface area (Å²) in [5.41, 5.74) is 13.1. The Bertz CT molecular complexity index is 384. The number of anilines is 1. The van der Waals surface area contributed by atoms with E-state index in [1.165, 1.54) is 12.8 Å². The Morgan fingerprint density at radius 3 is 2.41 bits per heavy atom. The molecule has 4 N–H and O–H groups in total. The Morgan fingerprint density at radius 2 is 1.94 bits per heavy atom. The zero-order chi connectivity index (χ0) is 12.3. The Kier molecular flexibility index (Phi) is 3.64. The van der Waals surface area contributed by atoms with E-state index in [4.69, 9.17) is 11.5 Å². The van der Waals surface area contributed by atoms with Crippen molar-refractivity contribution >= 4 is 11.6 Å². The quantitative estimate of drug-likeness (QED) is 0.769. The van der Waals surface area contributed by atoms with Gasteiger partial charge in [0.05, 0.1) is 0 Å². The van der Waals surface area contributed by atoms with Gasteiger partial charge < -0.3 is 16.4 Å². The molecule has 0 bridgehead atoms. The van der Waals surface area contributed by atoms with Crippen LogP contribution in [-0.4, -0.2) is 18.5 Å². The minimum atomic E-state index is -0.241. The Labute approximate surface area is 102 Å². The van der Waals surface area contributed by atoms with Gasteiger partial charge in [0, 0.05) is 31.2 Å². The van der Waals surface area contributed by atoms with Crippen LogP contribution < -0.4 is 16.4 Å². The number of rotatable bonds is 6. The summed E-state index contributed by atoms with van der Waals surface area (Å²) >= 11 is 0. The van der Waals surface area contributed by atoms with E-state index in [1.807, 2.05) is 12.1 Å². The second-order valence-corrected chi connectivity index (χ2v) is 4.51. The molecule has 0 spiro atoms. The first-order chi connectivity index (χ1) is 8.20. The first-order valence-electron chi connectivity index (χ1n) is 6.04. The smallest absolute Gasteiger partial charge is 0.219 e. The van der Waals surface area contributed by atoms with Gasteiger partial charge in [-0.1, -0.05) is 12.1 Å². The predicted molar refractivity (Wildman–Crippen MR) is 68.5 cm³/mol. The van der Waals surface area contributed by atoms with Crippen molar-refractivity contribution in [3.63, 3.8) is 0 Å². The number of benzene rings is 1. The highest BCUT2D eigenvalue weighted by Gasteiger charge is 2.29. The van der Waals surface area contributed by atoms with Crippen LogP contribution >= 0.6 is 0 Å².